The molecule has 18 heavy (non-hydrogen) atoms. The van der Waals surface area contributed by atoms with E-state index in [9.17, 15) is 8.42 Å². The predicted octanol–water partition coefficient (Wildman–Crippen LogP) is 0.531. The van der Waals surface area contributed by atoms with Crippen LogP contribution in [0.15, 0.2) is 30.5 Å². The van der Waals surface area contributed by atoms with Crippen molar-refractivity contribution in [1.82, 2.24) is 19.5 Å². The monoisotopic (exact) mass is 266 g/mol. The minimum atomic E-state index is -3.21. The molecule has 0 unspecified atom stereocenters. The highest BCUT2D eigenvalue weighted by Gasteiger charge is 2.09. The largest absolute Gasteiger partial charge is 0.266 e. The van der Waals surface area contributed by atoms with Crippen LogP contribution in [0, 0.1) is 0 Å². The summed E-state index contributed by atoms with van der Waals surface area (Å²) in [7, 11) is -1.41. The van der Waals surface area contributed by atoms with Gasteiger partial charge in [-0.15, -0.1) is 0 Å². The summed E-state index contributed by atoms with van der Waals surface area (Å²) in [5.41, 5.74) is 2.31. The Kier molecular flexibility index (Phi) is 3.44. The number of aryl methyl sites for hydroxylation is 1. The van der Waals surface area contributed by atoms with E-state index in [0.29, 0.717) is 5.69 Å². The van der Waals surface area contributed by atoms with Crippen LogP contribution in [0.1, 0.15) is 5.69 Å². The number of pyridine rings is 1. The van der Waals surface area contributed by atoms with Gasteiger partial charge < -0.3 is 0 Å². The molecule has 0 aliphatic carbocycles. The van der Waals surface area contributed by atoms with Gasteiger partial charge in [0, 0.05) is 13.2 Å². The molecular weight excluding hydrogens is 252 g/mol. The number of hydrogen-bond donors (Lipinski definition) is 1. The molecule has 0 radical (unpaired) electrons. The minimum absolute atomic E-state index is 0.180. The summed E-state index contributed by atoms with van der Waals surface area (Å²) < 4.78 is 26.1. The third-order valence-corrected chi connectivity index (χ3v) is 3.04. The molecule has 0 fully saturated rings. The van der Waals surface area contributed by atoms with Crippen LogP contribution in [0.3, 0.4) is 0 Å². The van der Waals surface area contributed by atoms with Gasteiger partial charge in [0.15, 0.2) is 0 Å². The zero-order chi connectivity index (χ0) is 13.2. The van der Waals surface area contributed by atoms with Gasteiger partial charge in [-0.05, 0) is 18.2 Å². The highest BCUT2D eigenvalue weighted by Crippen LogP contribution is 2.16. The lowest BCUT2D eigenvalue weighted by Crippen LogP contribution is -2.21. The molecule has 0 saturated heterocycles. The summed E-state index contributed by atoms with van der Waals surface area (Å²) in [4.78, 5) is 4.23. The standard InChI is InChI=1S/C11H14N4O2S/c1-15-11(10-5-3-4-6-12-10)7-9(14-15)8-13-18(2,16)17/h3-7,13H,8H2,1-2H3. The highest BCUT2D eigenvalue weighted by atomic mass is 32.2. The first-order chi connectivity index (χ1) is 8.46. The fraction of sp³-hybridized carbons (Fsp3) is 0.273. The van der Waals surface area contributed by atoms with Gasteiger partial charge in [-0.25, -0.2) is 13.1 Å². The molecule has 0 aromatic carbocycles. The molecule has 96 valence electrons. The Bertz CT molecular complexity index is 634. The average molecular weight is 266 g/mol. The molecule has 7 heteroatoms. The fourth-order valence-electron chi connectivity index (χ4n) is 1.57. The first kappa shape index (κ1) is 12.7. The Morgan fingerprint density at radius 2 is 2.17 bits per heavy atom. The van der Waals surface area contributed by atoms with E-state index < -0.39 is 10.0 Å². The van der Waals surface area contributed by atoms with Gasteiger partial charge in [0.05, 0.1) is 29.9 Å². The maximum absolute atomic E-state index is 11.0. The molecule has 1 N–H and O–H groups in total. The molecule has 2 rings (SSSR count). The van der Waals surface area contributed by atoms with E-state index >= 15 is 0 Å². The lowest BCUT2D eigenvalue weighted by atomic mass is 10.2. The minimum Gasteiger partial charge on any atom is -0.266 e. The van der Waals surface area contributed by atoms with Crippen LogP contribution in [-0.4, -0.2) is 29.4 Å². The van der Waals surface area contributed by atoms with E-state index in [2.05, 4.69) is 14.8 Å². The number of hydrogen-bond acceptors (Lipinski definition) is 4. The molecule has 0 saturated carbocycles. The van der Waals surface area contributed by atoms with E-state index in [1.807, 2.05) is 24.3 Å². The van der Waals surface area contributed by atoms with Gasteiger partial charge in [-0.2, -0.15) is 5.10 Å². The van der Waals surface area contributed by atoms with Gasteiger partial charge in [0.2, 0.25) is 10.0 Å². The number of aromatic nitrogens is 3. The van der Waals surface area contributed by atoms with Gasteiger partial charge >= 0.3 is 0 Å². The van der Waals surface area contributed by atoms with Crippen molar-refractivity contribution >= 4 is 10.0 Å². The van der Waals surface area contributed by atoms with Crippen molar-refractivity contribution in [1.29, 1.82) is 0 Å². The van der Waals surface area contributed by atoms with Gasteiger partial charge in [-0.3, -0.25) is 9.67 Å². The molecule has 0 amide bonds. The molecular formula is C11H14N4O2S. The van der Waals surface area contributed by atoms with Crippen molar-refractivity contribution in [2.45, 2.75) is 6.54 Å². The van der Waals surface area contributed by atoms with E-state index in [1.54, 1.807) is 17.9 Å². The summed E-state index contributed by atoms with van der Waals surface area (Å²) in [5, 5.41) is 4.24. The SMILES string of the molecule is Cn1nc(CNS(C)(=O)=O)cc1-c1ccccn1. The van der Waals surface area contributed by atoms with Crippen LogP contribution in [-0.2, 0) is 23.6 Å². The Balaban J connectivity index is 2.23. The Labute approximate surface area is 106 Å². The zero-order valence-corrected chi connectivity index (χ0v) is 11.0. The van der Waals surface area contributed by atoms with Crippen molar-refractivity contribution in [3.63, 3.8) is 0 Å². The molecule has 0 atom stereocenters. The molecule has 0 aliphatic rings. The average Bonchev–Trinajstić information content (AvgIpc) is 2.68. The first-order valence-corrected chi connectivity index (χ1v) is 7.24. The van der Waals surface area contributed by atoms with E-state index in [0.717, 1.165) is 17.6 Å². The maximum atomic E-state index is 11.0. The maximum Gasteiger partial charge on any atom is 0.209 e. The second-order valence-electron chi connectivity index (χ2n) is 3.95. The van der Waals surface area contributed by atoms with Crippen molar-refractivity contribution < 1.29 is 8.42 Å². The van der Waals surface area contributed by atoms with Crippen LogP contribution in [0.2, 0.25) is 0 Å². The predicted molar refractivity (Wildman–Crippen MR) is 68.1 cm³/mol. The summed E-state index contributed by atoms with van der Waals surface area (Å²) in [6.45, 7) is 0.180. The normalized spacial score (nSPS) is 11.7. The lowest BCUT2D eigenvalue weighted by molar-refractivity contribution is 0.585. The summed E-state index contributed by atoms with van der Waals surface area (Å²) in [6, 6.07) is 7.43. The Hall–Kier alpha value is -1.73. The molecule has 0 spiro atoms. The molecule has 2 heterocycles. The Morgan fingerprint density at radius 1 is 1.39 bits per heavy atom. The van der Waals surface area contributed by atoms with Crippen molar-refractivity contribution in [3.05, 3.63) is 36.2 Å². The van der Waals surface area contributed by atoms with Crippen LogP contribution >= 0.6 is 0 Å². The van der Waals surface area contributed by atoms with E-state index in [4.69, 9.17) is 0 Å². The molecule has 2 aromatic rings. The number of nitrogens with zero attached hydrogens (tertiary/aromatic N) is 3. The topological polar surface area (TPSA) is 76.9 Å². The third-order valence-electron chi connectivity index (χ3n) is 2.37. The van der Waals surface area contributed by atoms with E-state index in [1.165, 1.54) is 0 Å². The number of sulfonamides is 1. The van der Waals surface area contributed by atoms with Crippen molar-refractivity contribution in [2.24, 2.45) is 7.05 Å². The van der Waals surface area contributed by atoms with Gasteiger partial charge in [0.1, 0.15) is 0 Å². The Morgan fingerprint density at radius 3 is 2.78 bits per heavy atom. The van der Waals surface area contributed by atoms with Crippen LogP contribution in [0.4, 0.5) is 0 Å². The lowest BCUT2D eigenvalue weighted by Gasteiger charge is -1.98. The molecule has 6 nitrogen and oxygen atoms in total. The van der Waals surface area contributed by atoms with Gasteiger partial charge in [-0.1, -0.05) is 6.07 Å². The summed E-state index contributed by atoms with van der Waals surface area (Å²) >= 11 is 0. The molecule has 2 aromatic heterocycles. The zero-order valence-electron chi connectivity index (χ0n) is 10.2. The third kappa shape index (κ3) is 3.14. The summed E-state index contributed by atoms with van der Waals surface area (Å²) in [5.74, 6) is 0. The quantitative estimate of drug-likeness (QED) is 0.875. The van der Waals surface area contributed by atoms with Crippen molar-refractivity contribution in [2.75, 3.05) is 6.26 Å². The van der Waals surface area contributed by atoms with E-state index in [-0.39, 0.29) is 6.54 Å². The first-order valence-electron chi connectivity index (χ1n) is 5.35. The second-order valence-corrected chi connectivity index (χ2v) is 5.79. The summed E-state index contributed by atoms with van der Waals surface area (Å²) in [6.07, 6.45) is 2.83. The molecule has 0 aliphatic heterocycles. The smallest absolute Gasteiger partial charge is 0.209 e. The van der Waals surface area contributed by atoms with Crippen LogP contribution in [0.25, 0.3) is 11.4 Å². The number of nitrogens with one attached hydrogen (secondary N) is 1. The van der Waals surface area contributed by atoms with Crippen molar-refractivity contribution in [3.8, 4) is 11.4 Å². The molecule has 0 bridgehead atoms. The number of rotatable bonds is 4. The second kappa shape index (κ2) is 4.87. The fourth-order valence-corrected chi connectivity index (χ4v) is 1.98. The van der Waals surface area contributed by atoms with Gasteiger partial charge in [0.25, 0.3) is 0 Å². The van der Waals surface area contributed by atoms with Crippen LogP contribution in [0.5, 0.6) is 0 Å². The highest BCUT2D eigenvalue weighted by molar-refractivity contribution is 7.88. The van der Waals surface area contributed by atoms with Crippen LogP contribution < -0.4 is 4.72 Å².